The zero-order valence-corrected chi connectivity index (χ0v) is 10.7. The van der Waals surface area contributed by atoms with Gasteiger partial charge in [-0.3, -0.25) is 0 Å². The van der Waals surface area contributed by atoms with Gasteiger partial charge in [-0.15, -0.1) is 10.2 Å². The molecular weight excluding hydrogens is 248 g/mol. The van der Waals surface area contributed by atoms with Gasteiger partial charge in [-0.05, 0) is 17.7 Å². The zero-order valence-electron chi connectivity index (χ0n) is 9.87. The zero-order chi connectivity index (χ0) is 13.0. The number of rotatable bonds is 4. The Hall–Kier alpha value is -1.91. The molecule has 92 valence electrons. The van der Waals surface area contributed by atoms with Crippen molar-refractivity contribution in [3.63, 3.8) is 0 Å². The molecule has 0 aliphatic carbocycles. The summed E-state index contributed by atoms with van der Waals surface area (Å²) < 4.78 is 1.87. The molecule has 0 aromatic carbocycles. The number of hydrogen-bond donors (Lipinski definition) is 1. The van der Waals surface area contributed by atoms with Gasteiger partial charge in [-0.1, -0.05) is 11.8 Å². The van der Waals surface area contributed by atoms with Gasteiger partial charge in [0.05, 0.1) is 6.54 Å². The van der Waals surface area contributed by atoms with Crippen molar-refractivity contribution >= 4 is 11.8 Å². The summed E-state index contributed by atoms with van der Waals surface area (Å²) in [5.41, 5.74) is 6.99. The highest BCUT2D eigenvalue weighted by molar-refractivity contribution is 7.98. The molecule has 18 heavy (non-hydrogen) atoms. The molecular formula is C11H12N6S. The average Bonchev–Trinajstić information content (AvgIpc) is 2.77. The molecule has 0 aliphatic rings. The number of pyridine rings is 1. The molecule has 0 fully saturated rings. The van der Waals surface area contributed by atoms with Crippen LogP contribution in [0.4, 0.5) is 0 Å². The second-order valence-electron chi connectivity index (χ2n) is 3.61. The van der Waals surface area contributed by atoms with Crippen LogP contribution in [0.25, 0.3) is 0 Å². The molecule has 2 aromatic heterocycles. The molecule has 2 aromatic rings. The van der Waals surface area contributed by atoms with E-state index in [1.54, 1.807) is 24.0 Å². The number of thioether (sulfide) groups is 1. The first-order valence-corrected chi connectivity index (χ1v) is 6.29. The first-order chi connectivity index (χ1) is 8.74. The maximum absolute atomic E-state index is 8.77. The number of nitrogens with two attached hydrogens (primary N) is 1. The smallest absolute Gasteiger partial charge is 0.191 e. The van der Waals surface area contributed by atoms with Gasteiger partial charge in [0.2, 0.25) is 0 Å². The van der Waals surface area contributed by atoms with Crippen LogP contribution in [0.2, 0.25) is 0 Å². The summed E-state index contributed by atoms with van der Waals surface area (Å²) in [6, 6.07) is 5.67. The van der Waals surface area contributed by atoms with Gasteiger partial charge in [-0.2, -0.15) is 5.26 Å². The Morgan fingerprint density at radius 2 is 2.33 bits per heavy atom. The minimum Gasteiger partial charge on any atom is -0.324 e. The molecule has 2 N–H and O–H groups in total. The maximum Gasteiger partial charge on any atom is 0.191 e. The minimum atomic E-state index is 0.373. The standard InChI is InChI=1S/C11H12N6S/c1-17-10(6-13)15-16-11(17)18-7-8-2-3-14-9(4-8)5-12/h2-4H,6-7,13H2,1H3. The molecule has 6 nitrogen and oxygen atoms in total. The minimum absolute atomic E-state index is 0.373. The number of nitrogens with zero attached hydrogens (tertiary/aromatic N) is 5. The Morgan fingerprint density at radius 1 is 1.50 bits per heavy atom. The Morgan fingerprint density at radius 3 is 3.00 bits per heavy atom. The average molecular weight is 260 g/mol. The summed E-state index contributed by atoms with van der Waals surface area (Å²) in [6.45, 7) is 0.373. The predicted molar refractivity (Wildman–Crippen MR) is 67.4 cm³/mol. The Bertz CT molecular complexity index is 585. The van der Waals surface area contributed by atoms with Crippen molar-refractivity contribution < 1.29 is 0 Å². The van der Waals surface area contributed by atoms with E-state index in [0.29, 0.717) is 18.0 Å². The van der Waals surface area contributed by atoms with Crippen molar-refractivity contribution in [1.29, 1.82) is 5.26 Å². The van der Waals surface area contributed by atoms with E-state index in [4.69, 9.17) is 11.0 Å². The van der Waals surface area contributed by atoms with E-state index in [1.807, 2.05) is 23.8 Å². The summed E-state index contributed by atoms with van der Waals surface area (Å²) in [4.78, 5) is 3.93. The van der Waals surface area contributed by atoms with Crippen LogP contribution in [0.15, 0.2) is 23.5 Å². The molecule has 2 rings (SSSR count). The van der Waals surface area contributed by atoms with Crippen molar-refractivity contribution in [2.24, 2.45) is 12.8 Å². The lowest BCUT2D eigenvalue weighted by Crippen LogP contribution is -2.05. The fraction of sp³-hybridized carbons (Fsp3) is 0.273. The number of nitriles is 1. The summed E-state index contributed by atoms with van der Waals surface area (Å²) in [6.07, 6.45) is 1.64. The lowest BCUT2D eigenvalue weighted by molar-refractivity contribution is 0.734. The first-order valence-electron chi connectivity index (χ1n) is 5.30. The van der Waals surface area contributed by atoms with Crippen LogP contribution in [0, 0.1) is 11.3 Å². The molecule has 0 saturated carbocycles. The second kappa shape index (κ2) is 5.62. The van der Waals surface area contributed by atoms with Crippen molar-refractivity contribution in [1.82, 2.24) is 19.7 Å². The Kier molecular flexibility index (Phi) is 3.92. The van der Waals surface area contributed by atoms with Gasteiger partial charge in [-0.25, -0.2) is 4.98 Å². The lowest BCUT2D eigenvalue weighted by atomic mass is 10.2. The van der Waals surface area contributed by atoms with Crippen LogP contribution < -0.4 is 5.73 Å². The van der Waals surface area contributed by atoms with Crippen LogP contribution in [0.3, 0.4) is 0 Å². The van der Waals surface area contributed by atoms with E-state index in [2.05, 4.69) is 15.2 Å². The molecule has 0 bridgehead atoms. The van der Waals surface area contributed by atoms with E-state index in [1.165, 1.54) is 0 Å². The molecule has 0 saturated heterocycles. The van der Waals surface area contributed by atoms with Crippen molar-refractivity contribution in [3.05, 3.63) is 35.4 Å². The van der Waals surface area contributed by atoms with Crippen LogP contribution in [-0.2, 0) is 19.3 Å². The Balaban J connectivity index is 2.07. The highest BCUT2D eigenvalue weighted by Crippen LogP contribution is 2.20. The number of aromatic nitrogens is 4. The van der Waals surface area contributed by atoms with Crippen LogP contribution in [-0.4, -0.2) is 19.7 Å². The second-order valence-corrected chi connectivity index (χ2v) is 4.55. The molecule has 0 unspecified atom stereocenters. The van der Waals surface area contributed by atoms with Gasteiger partial charge in [0.15, 0.2) is 5.16 Å². The molecule has 7 heteroatoms. The predicted octanol–water partition coefficient (Wildman–Crippen LogP) is 0.833. The van der Waals surface area contributed by atoms with Gasteiger partial charge in [0.1, 0.15) is 17.6 Å². The lowest BCUT2D eigenvalue weighted by Gasteiger charge is -2.02. The largest absolute Gasteiger partial charge is 0.324 e. The summed E-state index contributed by atoms with van der Waals surface area (Å²) in [7, 11) is 1.89. The fourth-order valence-corrected chi connectivity index (χ4v) is 2.29. The topological polar surface area (TPSA) is 93.4 Å². The summed E-state index contributed by atoms with van der Waals surface area (Å²) >= 11 is 1.55. The summed E-state index contributed by atoms with van der Waals surface area (Å²) in [5.74, 6) is 1.47. The van der Waals surface area contributed by atoms with Crippen molar-refractivity contribution in [2.75, 3.05) is 0 Å². The molecule has 0 radical (unpaired) electrons. The highest BCUT2D eigenvalue weighted by Gasteiger charge is 2.08. The monoisotopic (exact) mass is 260 g/mol. The van der Waals surface area contributed by atoms with Gasteiger partial charge < -0.3 is 10.3 Å². The fourth-order valence-electron chi connectivity index (χ4n) is 1.42. The number of hydrogen-bond acceptors (Lipinski definition) is 6. The van der Waals surface area contributed by atoms with Crippen LogP contribution in [0.1, 0.15) is 17.1 Å². The summed E-state index contributed by atoms with van der Waals surface area (Å²) in [5, 5.41) is 17.6. The quantitative estimate of drug-likeness (QED) is 0.818. The van der Waals surface area contributed by atoms with Crippen LogP contribution >= 0.6 is 11.8 Å². The van der Waals surface area contributed by atoms with Crippen molar-refractivity contribution in [2.45, 2.75) is 17.5 Å². The molecule has 0 aliphatic heterocycles. The third-order valence-electron chi connectivity index (χ3n) is 2.41. The van der Waals surface area contributed by atoms with E-state index in [9.17, 15) is 0 Å². The van der Waals surface area contributed by atoms with E-state index in [-0.39, 0.29) is 0 Å². The van der Waals surface area contributed by atoms with E-state index in [0.717, 1.165) is 16.5 Å². The van der Waals surface area contributed by atoms with Gasteiger partial charge in [0.25, 0.3) is 0 Å². The van der Waals surface area contributed by atoms with Crippen molar-refractivity contribution in [3.8, 4) is 6.07 Å². The third kappa shape index (κ3) is 2.67. The SMILES string of the molecule is Cn1c(CN)nnc1SCc1ccnc(C#N)c1. The van der Waals surface area contributed by atoms with Gasteiger partial charge >= 0.3 is 0 Å². The molecule has 0 amide bonds. The maximum atomic E-state index is 8.77. The van der Waals surface area contributed by atoms with E-state index >= 15 is 0 Å². The Labute approximate surface area is 109 Å². The van der Waals surface area contributed by atoms with Crippen LogP contribution in [0.5, 0.6) is 0 Å². The molecule has 0 atom stereocenters. The molecule has 2 heterocycles. The third-order valence-corrected chi connectivity index (χ3v) is 3.51. The molecule has 0 spiro atoms. The van der Waals surface area contributed by atoms with Gasteiger partial charge in [0, 0.05) is 19.0 Å². The van der Waals surface area contributed by atoms with E-state index < -0.39 is 0 Å². The highest BCUT2D eigenvalue weighted by atomic mass is 32.2. The first kappa shape index (κ1) is 12.5. The normalized spacial score (nSPS) is 10.3.